The summed E-state index contributed by atoms with van der Waals surface area (Å²) in [6.07, 6.45) is 2.21. The first-order valence-electron chi connectivity index (χ1n) is 10.7. The fourth-order valence-corrected chi connectivity index (χ4v) is 4.24. The molecule has 0 aromatic heterocycles. The molecule has 1 aromatic rings. The average molecular weight is 420 g/mol. The number of amides is 2. The predicted molar refractivity (Wildman–Crippen MR) is 113 cm³/mol. The minimum absolute atomic E-state index is 0.136. The Bertz CT molecular complexity index is 733. The van der Waals surface area contributed by atoms with E-state index >= 15 is 0 Å². The van der Waals surface area contributed by atoms with E-state index < -0.39 is 0 Å². The second-order valence-electron chi connectivity index (χ2n) is 7.72. The van der Waals surface area contributed by atoms with Gasteiger partial charge in [0.2, 0.25) is 5.91 Å². The van der Waals surface area contributed by atoms with Gasteiger partial charge in [0.25, 0.3) is 0 Å². The van der Waals surface area contributed by atoms with Crippen LogP contribution in [0.25, 0.3) is 0 Å². The number of ether oxygens (including phenoxy) is 3. The maximum atomic E-state index is 12.9. The fourth-order valence-electron chi connectivity index (χ4n) is 4.24. The van der Waals surface area contributed by atoms with E-state index in [9.17, 15) is 9.59 Å². The van der Waals surface area contributed by atoms with E-state index in [2.05, 4.69) is 4.90 Å². The Morgan fingerprint density at radius 1 is 1.00 bits per heavy atom. The zero-order valence-electron chi connectivity index (χ0n) is 18.3. The second kappa shape index (κ2) is 10.5. The zero-order chi connectivity index (χ0) is 21.5. The minimum Gasteiger partial charge on any atom is -0.493 e. The quantitative estimate of drug-likeness (QED) is 0.703. The number of likely N-dealkylation sites (tertiary alicyclic amines) is 1. The van der Waals surface area contributed by atoms with Crippen molar-refractivity contribution in [1.29, 1.82) is 0 Å². The number of nitrogens with zero attached hydrogens (tertiary/aromatic N) is 3. The summed E-state index contributed by atoms with van der Waals surface area (Å²) in [5.74, 6) is 1.43. The van der Waals surface area contributed by atoms with Gasteiger partial charge in [0.15, 0.2) is 11.5 Å². The third-order valence-corrected chi connectivity index (χ3v) is 5.91. The summed E-state index contributed by atoms with van der Waals surface area (Å²) < 4.78 is 15.7. The van der Waals surface area contributed by atoms with Crippen LogP contribution in [-0.4, -0.2) is 92.8 Å². The Kier molecular flexibility index (Phi) is 7.79. The van der Waals surface area contributed by atoms with Crippen molar-refractivity contribution >= 4 is 12.0 Å². The largest absolute Gasteiger partial charge is 0.493 e. The van der Waals surface area contributed by atoms with Crippen molar-refractivity contribution in [3.8, 4) is 11.5 Å². The van der Waals surface area contributed by atoms with Crippen molar-refractivity contribution in [3.05, 3.63) is 23.8 Å². The molecule has 0 aliphatic carbocycles. The molecule has 2 fully saturated rings. The molecule has 2 aliphatic rings. The normalized spacial score (nSPS) is 20.0. The fraction of sp³-hybridized carbons (Fsp3) is 0.636. The lowest BCUT2D eigenvalue weighted by Gasteiger charge is -2.43. The van der Waals surface area contributed by atoms with Gasteiger partial charge in [-0.05, 0) is 37.5 Å². The van der Waals surface area contributed by atoms with Crippen LogP contribution in [0, 0.1) is 0 Å². The minimum atomic E-state index is -0.229. The first-order chi connectivity index (χ1) is 14.5. The van der Waals surface area contributed by atoms with Gasteiger partial charge in [0.1, 0.15) is 0 Å². The molecule has 8 nitrogen and oxygen atoms in total. The van der Waals surface area contributed by atoms with Crippen molar-refractivity contribution in [1.82, 2.24) is 14.7 Å². The van der Waals surface area contributed by atoms with E-state index in [-0.39, 0.29) is 12.0 Å². The maximum Gasteiger partial charge on any atom is 0.409 e. The molecular weight excluding hydrogens is 386 g/mol. The summed E-state index contributed by atoms with van der Waals surface area (Å²) in [5.41, 5.74) is 0.919. The van der Waals surface area contributed by atoms with Crippen molar-refractivity contribution in [3.63, 3.8) is 0 Å². The Balaban J connectivity index is 1.53. The van der Waals surface area contributed by atoms with Crippen LogP contribution in [0.4, 0.5) is 4.79 Å². The van der Waals surface area contributed by atoms with Gasteiger partial charge in [0.05, 0.1) is 27.2 Å². The Morgan fingerprint density at radius 3 is 2.40 bits per heavy atom. The highest BCUT2D eigenvalue weighted by Gasteiger charge is 2.31. The van der Waals surface area contributed by atoms with Gasteiger partial charge < -0.3 is 24.0 Å². The standard InChI is InChI=1S/C22H33N3O5/c1-4-30-22(27)24-12-10-23(11-13-24)18-6-5-9-25(16-18)21(26)15-17-7-8-19(28-2)20(14-17)29-3/h7-8,14,18H,4-6,9-13,15-16H2,1-3H3. The van der Waals surface area contributed by atoms with Gasteiger partial charge in [0, 0.05) is 45.3 Å². The van der Waals surface area contributed by atoms with Gasteiger partial charge in [-0.1, -0.05) is 6.07 Å². The Labute approximate surface area is 178 Å². The highest BCUT2D eigenvalue weighted by molar-refractivity contribution is 5.79. The number of benzene rings is 1. The topological polar surface area (TPSA) is 71.6 Å². The smallest absolute Gasteiger partial charge is 0.409 e. The number of hydrogen-bond acceptors (Lipinski definition) is 6. The molecule has 0 saturated carbocycles. The number of hydrogen-bond donors (Lipinski definition) is 0. The van der Waals surface area contributed by atoms with Crippen molar-refractivity contribution < 1.29 is 23.8 Å². The van der Waals surface area contributed by atoms with Crippen LogP contribution >= 0.6 is 0 Å². The first kappa shape index (κ1) is 22.2. The molecule has 3 rings (SSSR count). The number of carbonyl (C=O) groups excluding carboxylic acids is 2. The maximum absolute atomic E-state index is 12.9. The molecule has 2 saturated heterocycles. The molecule has 1 unspecified atom stereocenters. The molecule has 1 aromatic carbocycles. The van der Waals surface area contributed by atoms with E-state index in [1.54, 1.807) is 19.1 Å². The first-order valence-corrected chi connectivity index (χ1v) is 10.7. The van der Waals surface area contributed by atoms with Crippen LogP contribution in [0.3, 0.4) is 0 Å². The van der Waals surface area contributed by atoms with E-state index in [1.807, 2.05) is 30.0 Å². The van der Waals surface area contributed by atoms with Crippen molar-refractivity contribution in [2.24, 2.45) is 0 Å². The second-order valence-corrected chi connectivity index (χ2v) is 7.72. The van der Waals surface area contributed by atoms with Gasteiger partial charge in [-0.2, -0.15) is 0 Å². The molecule has 1 atom stereocenters. The van der Waals surface area contributed by atoms with Crippen molar-refractivity contribution in [2.75, 3.05) is 60.1 Å². The summed E-state index contributed by atoms with van der Waals surface area (Å²) in [7, 11) is 3.20. The summed E-state index contributed by atoms with van der Waals surface area (Å²) in [5, 5.41) is 0. The van der Waals surface area contributed by atoms with E-state index in [0.717, 1.165) is 44.6 Å². The summed E-state index contributed by atoms with van der Waals surface area (Å²) >= 11 is 0. The Hall–Kier alpha value is -2.48. The lowest BCUT2D eigenvalue weighted by molar-refractivity contribution is -0.132. The monoisotopic (exact) mass is 419 g/mol. The van der Waals surface area contributed by atoms with E-state index in [1.165, 1.54) is 0 Å². The van der Waals surface area contributed by atoms with Gasteiger partial charge >= 0.3 is 6.09 Å². The average Bonchev–Trinajstić information content (AvgIpc) is 2.79. The molecule has 0 radical (unpaired) electrons. The van der Waals surface area contributed by atoms with Crippen LogP contribution in [-0.2, 0) is 16.0 Å². The third-order valence-electron chi connectivity index (χ3n) is 5.91. The molecular formula is C22H33N3O5. The van der Waals surface area contributed by atoms with Crippen LogP contribution in [0.1, 0.15) is 25.3 Å². The summed E-state index contributed by atoms with van der Waals surface area (Å²) in [6, 6.07) is 5.96. The molecule has 30 heavy (non-hydrogen) atoms. The summed E-state index contributed by atoms with van der Waals surface area (Å²) in [6.45, 7) is 6.76. The number of piperidine rings is 1. The lowest BCUT2D eigenvalue weighted by Crippen LogP contribution is -2.56. The SMILES string of the molecule is CCOC(=O)N1CCN(C2CCCN(C(=O)Cc3ccc(OC)c(OC)c3)C2)CC1. The summed E-state index contributed by atoms with van der Waals surface area (Å²) in [4.78, 5) is 31.0. The van der Waals surface area contributed by atoms with E-state index in [4.69, 9.17) is 14.2 Å². The Morgan fingerprint density at radius 2 is 1.73 bits per heavy atom. The van der Waals surface area contributed by atoms with Crippen LogP contribution < -0.4 is 9.47 Å². The molecule has 166 valence electrons. The molecule has 2 aliphatic heterocycles. The molecule has 2 amide bonds. The van der Waals surface area contributed by atoms with E-state index in [0.29, 0.717) is 43.7 Å². The number of methoxy groups -OCH3 is 2. The lowest BCUT2D eigenvalue weighted by atomic mass is 10.0. The third kappa shape index (κ3) is 5.36. The van der Waals surface area contributed by atoms with Gasteiger partial charge in [-0.25, -0.2) is 4.79 Å². The zero-order valence-corrected chi connectivity index (χ0v) is 18.3. The number of carbonyl (C=O) groups is 2. The highest BCUT2D eigenvalue weighted by atomic mass is 16.6. The van der Waals surface area contributed by atoms with Crippen LogP contribution in [0.5, 0.6) is 11.5 Å². The molecule has 8 heteroatoms. The molecule has 0 spiro atoms. The molecule has 0 N–H and O–H groups in total. The highest BCUT2D eigenvalue weighted by Crippen LogP contribution is 2.28. The number of piperazine rings is 1. The van der Waals surface area contributed by atoms with Crippen LogP contribution in [0.15, 0.2) is 18.2 Å². The van der Waals surface area contributed by atoms with Crippen LogP contribution in [0.2, 0.25) is 0 Å². The predicted octanol–water partition coefficient (Wildman–Crippen LogP) is 2.01. The van der Waals surface area contributed by atoms with Gasteiger partial charge in [-0.15, -0.1) is 0 Å². The molecule has 0 bridgehead atoms. The van der Waals surface area contributed by atoms with Gasteiger partial charge in [-0.3, -0.25) is 9.69 Å². The van der Waals surface area contributed by atoms with Crippen molar-refractivity contribution in [2.45, 2.75) is 32.2 Å². The number of rotatable bonds is 6. The molecule has 2 heterocycles.